The summed E-state index contributed by atoms with van der Waals surface area (Å²) in [6, 6.07) is 25.4. The van der Waals surface area contributed by atoms with Crippen molar-refractivity contribution in [1.29, 1.82) is 0 Å². The largest absolute Gasteiger partial charge is 0.497 e. The molecule has 1 heterocycles. The minimum Gasteiger partial charge on any atom is -0.497 e. The summed E-state index contributed by atoms with van der Waals surface area (Å²) >= 11 is 3.05. The Bertz CT molecular complexity index is 1270. The summed E-state index contributed by atoms with van der Waals surface area (Å²) in [7, 11) is 3.14. The molecule has 0 aliphatic rings. The minimum absolute atomic E-state index is 0.165. The van der Waals surface area contributed by atoms with Crippen molar-refractivity contribution in [3.63, 3.8) is 0 Å². The van der Waals surface area contributed by atoms with E-state index >= 15 is 0 Å². The fraction of sp³-hybridized carbons (Fsp3) is 0.192. The summed E-state index contributed by atoms with van der Waals surface area (Å²) in [6.45, 7) is 1.85. The molecule has 3 aromatic carbocycles. The van der Waals surface area contributed by atoms with E-state index in [1.807, 2.05) is 60.0 Å². The summed E-state index contributed by atoms with van der Waals surface area (Å²) in [5, 5.41) is 12.1. The number of hydrogen-bond acceptors (Lipinski definition) is 7. The van der Waals surface area contributed by atoms with Gasteiger partial charge >= 0.3 is 0 Å². The second kappa shape index (κ2) is 11.8. The molecule has 1 atom stereocenters. The van der Waals surface area contributed by atoms with Crippen LogP contribution in [0.2, 0.25) is 0 Å². The van der Waals surface area contributed by atoms with Crippen LogP contribution in [0.4, 0.5) is 5.69 Å². The second-order valence-electron chi connectivity index (χ2n) is 7.49. The van der Waals surface area contributed by atoms with Crippen molar-refractivity contribution >= 4 is 35.1 Å². The highest BCUT2D eigenvalue weighted by molar-refractivity contribution is 8.00. The molecular formula is C26H26N4O3S2. The average Bonchev–Trinajstić information content (AvgIpc) is 3.30. The van der Waals surface area contributed by atoms with E-state index in [4.69, 9.17) is 9.47 Å². The van der Waals surface area contributed by atoms with Gasteiger partial charge in [0.2, 0.25) is 5.91 Å². The Morgan fingerprint density at radius 3 is 2.37 bits per heavy atom. The number of para-hydroxylation sites is 1. The number of carbonyl (C=O) groups excluding carboxylic acids is 1. The number of carbonyl (C=O) groups is 1. The molecule has 0 saturated carbocycles. The molecule has 4 rings (SSSR count). The number of nitrogens with zero attached hydrogens (tertiary/aromatic N) is 3. The van der Waals surface area contributed by atoms with E-state index in [-0.39, 0.29) is 5.91 Å². The zero-order valence-electron chi connectivity index (χ0n) is 19.7. The molecule has 1 amide bonds. The van der Waals surface area contributed by atoms with Crippen LogP contribution >= 0.6 is 23.5 Å². The first-order chi connectivity index (χ1) is 17.1. The molecule has 180 valence electrons. The van der Waals surface area contributed by atoms with Crippen molar-refractivity contribution in [2.24, 2.45) is 0 Å². The molecule has 0 bridgehead atoms. The third kappa shape index (κ3) is 6.17. The molecule has 9 heteroatoms. The molecule has 0 spiro atoms. The predicted molar refractivity (Wildman–Crippen MR) is 141 cm³/mol. The van der Waals surface area contributed by atoms with Crippen molar-refractivity contribution in [2.75, 3.05) is 19.5 Å². The topological polar surface area (TPSA) is 78.3 Å². The first-order valence-corrected chi connectivity index (χ1v) is 12.8. The molecule has 7 nitrogen and oxygen atoms in total. The standard InChI is InChI=1S/C26H26N4O3S2/c1-18(25(31)27-22-15-14-20(32-2)16-23(22)33-3)35-26-29-28-24(17-34-21-12-8-5-9-13-21)30(26)19-10-6-4-7-11-19/h4-16,18H,17H2,1-3H3,(H,27,31). The molecule has 0 radical (unpaired) electrons. The molecule has 0 aliphatic carbocycles. The van der Waals surface area contributed by atoms with Gasteiger partial charge in [-0.25, -0.2) is 0 Å². The van der Waals surface area contributed by atoms with Crippen LogP contribution in [0.15, 0.2) is 88.9 Å². The van der Waals surface area contributed by atoms with E-state index < -0.39 is 5.25 Å². The smallest absolute Gasteiger partial charge is 0.237 e. The van der Waals surface area contributed by atoms with E-state index in [0.29, 0.717) is 28.1 Å². The van der Waals surface area contributed by atoms with Gasteiger partial charge in [-0.3, -0.25) is 9.36 Å². The van der Waals surface area contributed by atoms with Crippen LogP contribution < -0.4 is 14.8 Å². The monoisotopic (exact) mass is 506 g/mol. The first-order valence-electron chi connectivity index (χ1n) is 11.0. The van der Waals surface area contributed by atoms with Gasteiger partial charge in [0.1, 0.15) is 17.3 Å². The summed E-state index contributed by atoms with van der Waals surface area (Å²) in [4.78, 5) is 14.2. The quantitative estimate of drug-likeness (QED) is 0.277. The zero-order valence-corrected chi connectivity index (χ0v) is 21.3. The molecule has 4 aromatic rings. The number of anilines is 1. The summed E-state index contributed by atoms with van der Waals surface area (Å²) < 4.78 is 12.6. The van der Waals surface area contributed by atoms with Gasteiger partial charge < -0.3 is 14.8 Å². The highest BCUT2D eigenvalue weighted by Gasteiger charge is 2.22. The fourth-order valence-corrected chi connectivity index (χ4v) is 5.04. The molecule has 0 fully saturated rings. The number of aromatic nitrogens is 3. The number of benzene rings is 3. The number of thioether (sulfide) groups is 2. The maximum atomic E-state index is 13.0. The van der Waals surface area contributed by atoms with Crippen LogP contribution in [0, 0.1) is 0 Å². The Balaban J connectivity index is 1.53. The number of nitrogens with one attached hydrogen (secondary N) is 1. The van der Waals surface area contributed by atoms with E-state index in [0.717, 1.165) is 16.4 Å². The summed E-state index contributed by atoms with van der Waals surface area (Å²) in [5.41, 5.74) is 1.53. The molecule has 35 heavy (non-hydrogen) atoms. The van der Waals surface area contributed by atoms with Crippen LogP contribution in [0.3, 0.4) is 0 Å². The van der Waals surface area contributed by atoms with Gasteiger partial charge in [-0.2, -0.15) is 0 Å². The van der Waals surface area contributed by atoms with Crippen molar-refractivity contribution < 1.29 is 14.3 Å². The normalized spacial score (nSPS) is 11.6. The van der Waals surface area contributed by atoms with Gasteiger partial charge in [-0.1, -0.05) is 48.2 Å². The van der Waals surface area contributed by atoms with Gasteiger partial charge in [-0.15, -0.1) is 22.0 Å². The van der Waals surface area contributed by atoms with E-state index in [2.05, 4.69) is 27.6 Å². The van der Waals surface area contributed by atoms with Crippen molar-refractivity contribution in [3.05, 3.63) is 84.7 Å². The lowest BCUT2D eigenvalue weighted by atomic mass is 10.2. The summed E-state index contributed by atoms with van der Waals surface area (Å²) in [6.07, 6.45) is 0. The Labute approximate surface area is 213 Å². The van der Waals surface area contributed by atoms with Gasteiger partial charge in [0.25, 0.3) is 0 Å². The molecule has 0 aliphatic heterocycles. The maximum absolute atomic E-state index is 13.0. The lowest BCUT2D eigenvalue weighted by Crippen LogP contribution is -2.23. The number of amides is 1. The number of rotatable bonds is 10. The molecule has 1 unspecified atom stereocenters. The Morgan fingerprint density at radius 2 is 1.69 bits per heavy atom. The first kappa shape index (κ1) is 24.7. The lowest BCUT2D eigenvalue weighted by molar-refractivity contribution is -0.115. The molecule has 1 N–H and O–H groups in total. The second-order valence-corrected chi connectivity index (χ2v) is 9.84. The Kier molecular flexibility index (Phi) is 8.33. The van der Waals surface area contributed by atoms with Crippen LogP contribution in [0.1, 0.15) is 12.7 Å². The zero-order chi connectivity index (χ0) is 24.6. The summed E-state index contributed by atoms with van der Waals surface area (Å²) in [5.74, 6) is 2.48. The van der Waals surface area contributed by atoms with Crippen molar-refractivity contribution in [1.82, 2.24) is 14.8 Å². The third-order valence-electron chi connectivity index (χ3n) is 5.14. The third-order valence-corrected chi connectivity index (χ3v) is 7.19. The number of hydrogen-bond donors (Lipinski definition) is 1. The van der Waals surface area contributed by atoms with Gasteiger partial charge in [-0.05, 0) is 43.3 Å². The van der Waals surface area contributed by atoms with Crippen LogP contribution in [0.25, 0.3) is 5.69 Å². The number of ether oxygens (including phenoxy) is 2. The molecule has 0 saturated heterocycles. The van der Waals surface area contributed by atoms with Crippen molar-refractivity contribution in [2.45, 2.75) is 28.0 Å². The average molecular weight is 507 g/mol. The van der Waals surface area contributed by atoms with Gasteiger partial charge in [0.15, 0.2) is 5.16 Å². The highest BCUT2D eigenvalue weighted by Crippen LogP contribution is 2.32. The van der Waals surface area contributed by atoms with E-state index in [9.17, 15) is 4.79 Å². The Hall–Kier alpha value is -3.43. The highest BCUT2D eigenvalue weighted by atomic mass is 32.2. The van der Waals surface area contributed by atoms with Crippen LogP contribution in [-0.2, 0) is 10.5 Å². The molecular weight excluding hydrogens is 480 g/mol. The number of methoxy groups -OCH3 is 2. The van der Waals surface area contributed by atoms with Crippen LogP contribution in [-0.4, -0.2) is 40.1 Å². The predicted octanol–water partition coefficient (Wildman–Crippen LogP) is 5.70. The van der Waals surface area contributed by atoms with Crippen molar-refractivity contribution in [3.8, 4) is 17.2 Å². The van der Waals surface area contributed by atoms with Gasteiger partial charge in [0, 0.05) is 16.6 Å². The minimum atomic E-state index is -0.428. The van der Waals surface area contributed by atoms with Gasteiger partial charge in [0.05, 0.1) is 30.9 Å². The lowest BCUT2D eigenvalue weighted by Gasteiger charge is -2.15. The van der Waals surface area contributed by atoms with E-state index in [1.165, 1.54) is 11.8 Å². The maximum Gasteiger partial charge on any atom is 0.237 e. The van der Waals surface area contributed by atoms with Crippen LogP contribution in [0.5, 0.6) is 11.5 Å². The SMILES string of the molecule is COc1ccc(NC(=O)C(C)Sc2nnc(CSc3ccccc3)n2-c2ccccc2)c(OC)c1. The Morgan fingerprint density at radius 1 is 0.971 bits per heavy atom. The van der Waals surface area contributed by atoms with E-state index in [1.54, 1.807) is 44.2 Å². The molecule has 1 aromatic heterocycles. The fourth-order valence-electron chi connectivity index (χ4n) is 3.32.